The zero-order valence-corrected chi connectivity index (χ0v) is 12.5. The van der Waals surface area contributed by atoms with Crippen molar-refractivity contribution in [3.63, 3.8) is 0 Å². The third kappa shape index (κ3) is 4.19. The number of rotatable bonds is 4. The second-order valence-electron chi connectivity index (χ2n) is 5.15. The van der Waals surface area contributed by atoms with Gasteiger partial charge < -0.3 is 10.1 Å². The first kappa shape index (κ1) is 15.8. The maximum absolute atomic E-state index is 13.1. The Labute approximate surface area is 130 Å². The van der Waals surface area contributed by atoms with Gasteiger partial charge in [-0.15, -0.1) is 12.4 Å². The number of hydrogen-bond acceptors (Lipinski definition) is 2. The van der Waals surface area contributed by atoms with Crippen LogP contribution in [0, 0.1) is 5.82 Å². The highest BCUT2D eigenvalue weighted by atomic mass is 35.5. The topological polar surface area (TPSA) is 21.3 Å². The third-order valence-electron chi connectivity index (χ3n) is 3.60. The van der Waals surface area contributed by atoms with Crippen molar-refractivity contribution in [3.05, 3.63) is 65.5 Å². The number of fused-ring (bicyclic) bond motifs is 1. The van der Waals surface area contributed by atoms with Crippen molar-refractivity contribution in [1.82, 2.24) is 5.32 Å². The van der Waals surface area contributed by atoms with E-state index in [-0.39, 0.29) is 24.3 Å². The van der Waals surface area contributed by atoms with Crippen molar-refractivity contribution in [2.45, 2.75) is 25.5 Å². The van der Waals surface area contributed by atoms with E-state index in [1.54, 1.807) is 12.1 Å². The van der Waals surface area contributed by atoms with E-state index in [4.69, 9.17) is 4.74 Å². The highest BCUT2D eigenvalue weighted by molar-refractivity contribution is 5.85. The van der Waals surface area contributed by atoms with Crippen LogP contribution in [-0.4, -0.2) is 12.6 Å². The summed E-state index contributed by atoms with van der Waals surface area (Å²) in [5, 5.41) is 3.41. The van der Waals surface area contributed by atoms with E-state index in [1.165, 1.54) is 11.6 Å². The van der Waals surface area contributed by atoms with E-state index in [0.717, 1.165) is 37.2 Å². The van der Waals surface area contributed by atoms with Crippen LogP contribution >= 0.6 is 12.4 Å². The Hall–Kier alpha value is -1.58. The lowest BCUT2D eigenvalue weighted by molar-refractivity contribution is 0.170. The first-order chi connectivity index (χ1) is 9.81. The summed E-state index contributed by atoms with van der Waals surface area (Å²) in [6, 6.07) is 15.1. The van der Waals surface area contributed by atoms with Gasteiger partial charge >= 0.3 is 0 Å². The summed E-state index contributed by atoms with van der Waals surface area (Å²) in [5.74, 6) is 0.636. The second-order valence-corrected chi connectivity index (χ2v) is 5.15. The van der Waals surface area contributed by atoms with Crippen LogP contribution in [0.2, 0.25) is 0 Å². The number of aryl methyl sites for hydroxylation is 1. The molecule has 3 rings (SSSR count). The molecule has 112 valence electrons. The molecule has 2 aromatic rings. The van der Waals surface area contributed by atoms with Crippen molar-refractivity contribution in [2.24, 2.45) is 0 Å². The van der Waals surface area contributed by atoms with Gasteiger partial charge in [0.15, 0.2) is 0 Å². The minimum absolute atomic E-state index is 0. The molecule has 2 aromatic carbocycles. The Morgan fingerprint density at radius 3 is 2.76 bits per heavy atom. The Morgan fingerprint density at radius 1 is 1.14 bits per heavy atom. The standard InChI is InChI=1S/C17H18FNO.ClH/c18-15-7-9-17-14(10-15)6-8-16(20-17)12-19-11-13-4-2-1-3-5-13;/h1-5,7,9-10,16,19H,6,8,11-12H2;1H/t16-;/m1./s1. The van der Waals surface area contributed by atoms with E-state index >= 15 is 0 Å². The minimum Gasteiger partial charge on any atom is -0.489 e. The molecule has 0 unspecified atom stereocenters. The second kappa shape index (κ2) is 7.43. The van der Waals surface area contributed by atoms with E-state index in [9.17, 15) is 4.39 Å². The fourth-order valence-corrected chi connectivity index (χ4v) is 2.53. The van der Waals surface area contributed by atoms with Gasteiger partial charge in [-0.25, -0.2) is 4.39 Å². The first-order valence-corrected chi connectivity index (χ1v) is 7.01. The predicted molar refractivity (Wildman–Crippen MR) is 84.5 cm³/mol. The van der Waals surface area contributed by atoms with E-state index < -0.39 is 0 Å². The smallest absolute Gasteiger partial charge is 0.123 e. The molecule has 1 aliphatic rings. The molecule has 0 aromatic heterocycles. The van der Waals surface area contributed by atoms with Crippen LogP contribution in [0.25, 0.3) is 0 Å². The lowest BCUT2D eigenvalue weighted by Crippen LogP contribution is -2.33. The van der Waals surface area contributed by atoms with Crippen molar-refractivity contribution < 1.29 is 9.13 Å². The lowest BCUT2D eigenvalue weighted by atomic mass is 10.0. The molecule has 4 heteroatoms. The quantitative estimate of drug-likeness (QED) is 0.929. The van der Waals surface area contributed by atoms with Gasteiger partial charge in [-0.05, 0) is 42.2 Å². The predicted octanol–water partition coefficient (Wildman–Crippen LogP) is 3.73. The summed E-state index contributed by atoms with van der Waals surface area (Å²) >= 11 is 0. The fourth-order valence-electron chi connectivity index (χ4n) is 2.53. The maximum atomic E-state index is 13.1. The molecule has 0 fully saturated rings. The van der Waals surface area contributed by atoms with Crippen LogP contribution in [0.15, 0.2) is 48.5 Å². The molecule has 0 radical (unpaired) electrons. The number of benzene rings is 2. The summed E-state index contributed by atoms with van der Waals surface area (Å²) in [6.45, 7) is 1.66. The molecule has 0 aliphatic carbocycles. The summed E-state index contributed by atoms with van der Waals surface area (Å²) < 4.78 is 19.0. The molecule has 0 amide bonds. The fraction of sp³-hybridized carbons (Fsp3) is 0.294. The van der Waals surface area contributed by atoms with Crippen molar-refractivity contribution in [1.29, 1.82) is 0 Å². The van der Waals surface area contributed by atoms with Gasteiger partial charge in [0.25, 0.3) is 0 Å². The Kier molecular flexibility index (Phi) is 5.59. The zero-order chi connectivity index (χ0) is 13.8. The Balaban J connectivity index is 0.00000161. The van der Waals surface area contributed by atoms with Gasteiger partial charge in [0.2, 0.25) is 0 Å². The van der Waals surface area contributed by atoms with Crippen LogP contribution in [0.4, 0.5) is 4.39 Å². The van der Waals surface area contributed by atoms with Gasteiger partial charge in [0.1, 0.15) is 17.7 Å². The molecule has 1 heterocycles. The summed E-state index contributed by atoms with van der Waals surface area (Å²) in [4.78, 5) is 0. The largest absolute Gasteiger partial charge is 0.489 e. The molecule has 0 saturated heterocycles. The van der Waals surface area contributed by atoms with Crippen LogP contribution in [0.5, 0.6) is 5.75 Å². The molecule has 1 N–H and O–H groups in total. The monoisotopic (exact) mass is 307 g/mol. The number of nitrogens with one attached hydrogen (secondary N) is 1. The van der Waals surface area contributed by atoms with Crippen LogP contribution in [0.3, 0.4) is 0 Å². The van der Waals surface area contributed by atoms with Crippen molar-refractivity contribution in [3.8, 4) is 5.75 Å². The summed E-state index contributed by atoms with van der Waals surface area (Å²) in [7, 11) is 0. The summed E-state index contributed by atoms with van der Waals surface area (Å²) in [5.41, 5.74) is 2.25. The van der Waals surface area contributed by atoms with E-state index in [0.29, 0.717) is 0 Å². The summed E-state index contributed by atoms with van der Waals surface area (Å²) in [6.07, 6.45) is 1.97. The molecule has 0 saturated carbocycles. The highest BCUT2D eigenvalue weighted by Crippen LogP contribution is 2.27. The van der Waals surface area contributed by atoms with Gasteiger partial charge in [-0.2, -0.15) is 0 Å². The molecule has 0 bridgehead atoms. The van der Waals surface area contributed by atoms with Crippen molar-refractivity contribution >= 4 is 12.4 Å². The average molecular weight is 308 g/mol. The normalized spacial score (nSPS) is 16.5. The molecular weight excluding hydrogens is 289 g/mol. The molecule has 1 atom stereocenters. The van der Waals surface area contributed by atoms with Gasteiger partial charge in [0, 0.05) is 13.1 Å². The first-order valence-electron chi connectivity index (χ1n) is 7.01. The van der Waals surface area contributed by atoms with Crippen molar-refractivity contribution in [2.75, 3.05) is 6.54 Å². The average Bonchev–Trinajstić information content (AvgIpc) is 2.48. The van der Waals surface area contributed by atoms with Crippen LogP contribution < -0.4 is 10.1 Å². The van der Waals surface area contributed by atoms with E-state index in [2.05, 4.69) is 17.4 Å². The van der Waals surface area contributed by atoms with Crippen LogP contribution in [0.1, 0.15) is 17.5 Å². The zero-order valence-electron chi connectivity index (χ0n) is 11.7. The van der Waals surface area contributed by atoms with Crippen LogP contribution in [-0.2, 0) is 13.0 Å². The molecule has 0 spiro atoms. The third-order valence-corrected chi connectivity index (χ3v) is 3.60. The molecule has 21 heavy (non-hydrogen) atoms. The van der Waals surface area contributed by atoms with E-state index in [1.807, 2.05) is 18.2 Å². The van der Waals surface area contributed by atoms with Gasteiger partial charge in [-0.1, -0.05) is 30.3 Å². The van der Waals surface area contributed by atoms with Gasteiger partial charge in [-0.3, -0.25) is 0 Å². The Bertz CT molecular complexity index is 576. The van der Waals surface area contributed by atoms with Gasteiger partial charge in [0.05, 0.1) is 0 Å². The number of hydrogen-bond donors (Lipinski definition) is 1. The highest BCUT2D eigenvalue weighted by Gasteiger charge is 2.19. The lowest BCUT2D eigenvalue weighted by Gasteiger charge is -2.26. The SMILES string of the molecule is Cl.Fc1ccc2c(c1)CC[C@H](CNCc1ccccc1)O2. The number of halogens is 2. The maximum Gasteiger partial charge on any atom is 0.123 e. The minimum atomic E-state index is -0.187. The molecule has 2 nitrogen and oxygen atoms in total. The Morgan fingerprint density at radius 2 is 1.95 bits per heavy atom. The molecule has 1 aliphatic heterocycles. The number of ether oxygens (including phenoxy) is 1. The molecular formula is C17H19ClFNO.